The van der Waals surface area contributed by atoms with Crippen LogP contribution >= 0.6 is 0 Å². The fourth-order valence-corrected chi connectivity index (χ4v) is 1.95. The summed E-state index contributed by atoms with van der Waals surface area (Å²) in [5.74, 6) is 0.733. The molecule has 4 nitrogen and oxygen atoms in total. The average molecular weight is 208 g/mol. The monoisotopic (exact) mass is 208 g/mol. The first-order valence-electron chi connectivity index (χ1n) is 5.94. The Morgan fingerprint density at radius 1 is 1.33 bits per heavy atom. The van der Waals surface area contributed by atoms with Crippen molar-refractivity contribution in [3.05, 3.63) is 11.4 Å². The molecular weight excluding hydrogens is 188 g/mol. The molecule has 0 radical (unpaired) electrons. The number of hydrogen-bond donors (Lipinski definition) is 1. The summed E-state index contributed by atoms with van der Waals surface area (Å²) in [5, 5.41) is 8.36. The van der Waals surface area contributed by atoms with Crippen molar-refractivity contribution in [3.8, 4) is 0 Å². The van der Waals surface area contributed by atoms with E-state index in [1.54, 1.807) is 0 Å². The average Bonchev–Trinajstić information content (AvgIpc) is 2.62. The molecule has 1 N–H and O–H groups in total. The molecule has 1 aliphatic carbocycles. The van der Waals surface area contributed by atoms with E-state index in [0.29, 0.717) is 0 Å². The lowest BCUT2D eigenvalue weighted by Crippen LogP contribution is -2.22. The van der Waals surface area contributed by atoms with E-state index in [2.05, 4.69) is 29.6 Å². The van der Waals surface area contributed by atoms with Crippen molar-refractivity contribution in [1.29, 1.82) is 0 Å². The third-order valence-corrected chi connectivity index (χ3v) is 2.90. The molecule has 84 valence electrons. The summed E-state index contributed by atoms with van der Waals surface area (Å²) < 4.78 is 0. The van der Waals surface area contributed by atoms with Gasteiger partial charge in [0.1, 0.15) is 0 Å². The normalized spacial score (nSPS) is 15.4. The molecule has 0 amide bonds. The standard InChI is InChI=1S/C11H20N4/c1-9(2)7-8-12-15-11-6-4-3-5-10(11)13-14-15/h9,12H,3-8H2,1-2H3. The highest BCUT2D eigenvalue weighted by molar-refractivity contribution is 5.14. The Morgan fingerprint density at radius 2 is 2.13 bits per heavy atom. The van der Waals surface area contributed by atoms with Crippen LogP contribution in [0.4, 0.5) is 0 Å². The lowest BCUT2D eigenvalue weighted by molar-refractivity contribution is 0.558. The van der Waals surface area contributed by atoms with Gasteiger partial charge in [-0.15, -0.1) is 5.10 Å². The van der Waals surface area contributed by atoms with Crippen molar-refractivity contribution in [3.63, 3.8) is 0 Å². The molecule has 4 heteroatoms. The summed E-state index contributed by atoms with van der Waals surface area (Å²) in [7, 11) is 0. The zero-order chi connectivity index (χ0) is 10.7. The van der Waals surface area contributed by atoms with Crippen LogP contribution in [0.3, 0.4) is 0 Å². The molecule has 0 aromatic carbocycles. The minimum atomic E-state index is 0.733. The van der Waals surface area contributed by atoms with Crippen LogP contribution < -0.4 is 5.43 Å². The van der Waals surface area contributed by atoms with Gasteiger partial charge in [-0.3, -0.25) is 0 Å². The third kappa shape index (κ3) is 2.49. The maximum atomic E-state index is 4.20. The molecule has 1 heterocycles. The van der Waals surface area contributed by atoms with Gasteiger partial charge in [0, 0.05) is 6.54 Å². The first kappa shape index (κ1) is 10.5. The van der Waals surface area contributed by atoms with Crippen LogP contribution in [0.2, 0.25) is 0 Å². The summed E-state index contributed by atoms with van der Waals surface area (Å²) in [6.07, 6.45) is 5.93. The van der Waals surface area contributed by atoms with Gasteiger partial charge in [-0.05, 0) is 43.2 Å². The number of aromatic nitrogens is 3. The van der Waals surface area contributed by atoms with Crippen LogP contribution in [0.25, 0.3) is 0 Å². The predicted molar refractivity (Wildman–Crippen MR) is 60.3 cm³/mol. The van der Waals surface area contributed by atoms with Crippen LogP contribution in [-0.4, -0.2) is 21.6 Å². The highest BCUT2D eigenvalue weighted by Gasteiger charge is 2.16. The van der Waals surface area contributed by atoms with Crippen molar-refractivity contribution in [2.45, 2.75) is 46.0 Å². The quantitative estimate of drug-likeness (QED) is 0.819. The molecule has 0 atom stereocenters. The number of rotatable bonds is 4. The second-order valence-electron chi connectivity index (χ2n) is 4.69. The van der Waals surface area contributed by atoms with Crippen molar-refractivity contribution in [2.24, 2.45) is 5.92 Å². The molecule has 0 fully saturated rings. The third-order valence-electron chi connectivity index (χ3n) is 2.90. The number of aryl methyl sites for hydroxylation is 1. The number of hydrogen-bond acceptors (Lipinski definition) is 3. The lowest BCUT2D eigenvalue weighted by atomic mass is 10.0. The smallest absolute Gasteiger partial charge is 0.0881 e. The lowest BCUT2D eigenvalue weighted by Gasteiger charge is -2.13. The summed E-state index contributed by atoms with van der Waals surface area (Å²) in [5.41, 5.74) is 5.82. The van der Waals surface area contributed by atoms with Crippen LogP contribution in [-0.2, 0) is 12.8 Å². The number of fused-ring (bicyclic) bond motifs is 1. The Balaban J connectivity index is 1.94. The van der Waals surface area contributed by atoms with Gasteiger partial charge in [0.05, 0.1) is 11.4 Å². The van der Waals surface area contributed by atoms with E-state index in [0.717, 1.165) is 25.3 Å². The Hall–Kier alpha value is -1.06. The van der Waals surface area contributed by atoms with E-state index >= 15 is 0 Å². The minimum Gasteiger partial charge on any atom is -0.308 e. The molecule has 0 aliphatic heterocycles. The summed E-state index contributed by atoms with van der Waals surface area (Å²) >= 11 is 0. The van der Waals surface area contributed by atoms with E-state index in [1.807, 2.05) is 4.79 Å². The number of nitrogens with zero attached hydrogens (tertiary/aromatic N) is 3. The Kier molecular flexibility index (Phi) is 3.23. The highest BCUT2D eigenvalue weighted by Crippen LogP contribution is 2.17. The number of nitrogens with one attached hydrogen (secondary N) is 1. The molecule has 1 aliphatic rings. The van der Waals surface area contributed by atoms with Crippen LogP contribution in [0.15, 0.2) is 0 Å². The topological polar surface area (TPSA) is 42.7 Å². The van der Waals surface area contributed by atoms with Crippen LogP contribution in [0, 0.1) is 5.92 Å². The van der Waals surface area contributed by atoms with Gasteiger partial charge in [0.2, 0.25) is 0 Å². The molecule has 0 saturated heterocycles. The van der Waals surface area contributed by atoms with Gasteiger partial charge in [0.15, 0.2) is 0 Å². The molecule has 0 saturated carbocycles. The predicted octanol–water partition coefficient (Wildman–Crippen LogP) is 1.75. The maximum Gasteiger partial charge on any atom is 0.0881 e. The van der Waals surface area contributed by atoms with Gasteiger partial charge in [-0.1, -0.05) is 13.8 Å². The summed E-state index contributed by atoms with van der Waals surface area (Å²) in [6, 6.07) is 0. The zero-order valence-corrected chi connectivity index (χ0v) is 9.66. The first-order chi connectivity index (χ1) is 7.27. The van der Waals surface area contributed by atoms with Gasteiger partial charge in [-0.25, -0.2) is 0 Å². The molecule has 0 spiro atoms. The molecule has 1 aromatic heterocycles. The fraction of sp³-hybridized carbons (Fsp3) is 0.818. The van der Waals surface area contributed by atoms with E-state index < -0.39 is 0 Å². The Morgan fingerprint density at radius 3 is 2.93 bits per heavy atom. The molecular formula is C11H20N4. The summed E-state index contributed by atoms with van der Waals surface area (Å²) in [6.45, 7) is 5.45. The van der Waals surface area contributed by atoms with Gasteiger partial charge >= 0.3 is 0 Å². The van der Waals surface area contributed by atoms with Crippen molar-refractivity contribution < 1.29 is 0 Å². The van der Waals surface area contributed by atoms with Crippen molar-refractivity contribution >= 4 is 0 Å². The maximum absolute atomic E-state index is 4.20. The minimum absolute atomic E-state index is 0.733. The zero-order valence-electron chi connectivity index (χ0n) is 9.66. The van der Waals surface area contributed by atoms with Gasteiger partial charge in [0.25, 0.3) is 0 Å². The Bertz CT molecular complexity index is 316. The molecule has 1 aromatic rings. The van der Waals surface area contributed by atoms with E-state index in [-0.39, 0.29) is 0 Å². The molecule has 0 unspecified atom stereocenters. The van der Waals surface area contributed by atoms with Gasteiger partial charge in [-0.2, -0.15) is 4.79 Å². The first-order valence-corrected chi connectivity index (χ1v) is 5.94. The largest absolute Gasteiger partial charge is 0.308 e. The Labute approximate surface area is 91.0 Å². The van der Waals surface area contributed by atoms with Crippen LogP contribution in [0.5, 0.6) is 0 Å². The van der Waals surface area contributed by atoms with E-state index in [4.69, 9.17) is 0 Å². The molecule has 2 rings (SSSR count). The highest BCUT2D eigenvalue weighted by atomic mass is 15.6. The summed E-state index contributed by atoms with van der Waals surface area (Å²) in [4.78, 5) is 1.89. The molecule has 15 heavy (non-hydrogen) atoms. The van der Waals surface area contributed by atoms with Gasteiger partial charge < -0.3 is 5.43 Å². The second kappa shape index (κ2) is 4.64. The van der Waals surface area contributed by atoms with Crippen molar-refractivity contribution in [1.82, 2.24) is 15.1 Å². The van der Waals surface area contributed by atoms with E-state index in [1.165, 1.54) is 30.7 Å². The fourth-order valence-electron chi connectivity index (χ4n) is 1.95. The van der Waals surface area contributed by atoms with E-state index in [9.17, 15) is 0 Å². The SMILES string of the molecule is CC(C)CCNn1nnc2c1CCCC2. The second-order valence-corrected chi connectivity index (χ2v) is 4.69. The molecule has 0 bridgehead atoms. The van der Waals surface area contributed by atoms with Crippen LogP contribution in [0.1, 0.15) is 44.5 Å². The van der Waals surface area contributed by atoms with Crippen molar-refractivity contribution in [2.75, 3.05) is 12.0 Å².